The molecule has 27 heavy (non-hydrogen) atoms. The molecule has 4 rings (SSSR count). The molecule has 1 aliphatic heterocycles. The molecule has 6 heteroatoms. The average molecular weight is 360 g/mol. The highest BCUT2D eigenvalue weighted by atomic mass is 16.5. The Balaban J connectivity index is 1.57. The number of nitrogens with one attached hydrogen (secondary N) is 1. The second kappa shape index (κ2) is 7.07. The van der Waals surface area contributed by atoms with Gasteiger partial charge in [-0.3, -0.25) is 0 Å². The van der Waals surface area contributed by atoms with E-state index < -0.39 is 0 Å². The van der Waals surface area contributed by atoms with Crippen molar-refractivity contribution in [2.75, 3.05) is 17.3 Å². The summed E-state index contributed by atoms with van der Waals surface area (Å²) in [5, 5.41) is 3.26. The van der Waals surface area contributed by atoms with Crippen molar-refractivity contribution in [1.82, 2.24) is 9.97 Å². The van der Waals surface area contributed by atoms with Gasteiger partial charge in [-0.25, -0.2) is 14.8 Å². The molecular formula is C21H20N4O2. The van der Waals surface area contributed by atoms with E-state index >= 15 is 0 Å². The van der Waals surface area contributed by atoms with Crippen LogP contribution in [0.2, 0.25) is 0 Å². The summed E-state index contributed by atoms with van der Waals surface area (Å²) in [4.78, 5) is 22.6. The molecule has 3 aromatic rings. The molecule has 2 heterocycles. The van der Waals surface area contributed by atoms with E-state index in [4.69, 9.17) is 4.74 Å². The quantitative estimate of drug-likeness (QED) is 0.707. The Morgan fingerprint density at radius 2 is 1.93 bits per heavy atom. The Labute approximate surface area is 157 Å². The number of methoxy groups -OCH3 is 1. The van der Waals surface area contributed by atoms with Gasteiger partial charge in [0.15, 0.2) is 0 Å². The fourth-order valence-corrected chi connectivity index (χ4v) is 3.42. The number of carbonyl (C=O) groups is 1. The lowest BCUT2D eigenvalue weighted by Crippen LogP contribution is -2.24. The number of hydrogen-bond donors (Lipinski definition) is 1. The predicted octanol–water partition coefficient (Wildman–Crippen LogP) is 4.09. The summed E-state index contributed by atoms with van der Waals surface area (Å²) in [6.45, 7) is 2.20. The average Bonchev–Trinajstić information content (AvgIpc) is 3.04. The van der Waals surface area contributed by atoms with E-state index in [0.717, 1.165) is 17.9 Å². The van der Waals surface area contributed by atoms with Gasteiger partial charge in [-0.2, -0.15) is 0 Å². The molecule has 0 saturated carbocycles. The molecule has 0 fully saturated rings. The first kappa shape index (κ1) is 17.0. The van der Waals surface area contributed by atoms with Gasteiger partial charge in [0.2, 0.25) is 0 Å². The van der Waals surface area contributed by atoms with Gasteiger partial charge >= 0.3 is 5.97 Å². The number of para-hydroxylation sites is 1. The molecular weight excluding hydrogens is 340 g/mol. The van der Waals surface area contributed by atoms with Crippen molar-refractivity contribution in [3.05, 3.63) is 72.1 Å². The van der Waals surface area contributed by atoms with Crippen LogP contribution in [0.25, 0.3) is 0 Å². The maximum Gasteiger partial charge on any atom is 0.337 e. The van der Waals surface area contributed by atoms with E-state index in [1.807, 2.05) is 24.3 Å². The Kier molecular flexibility index (Phi) is 4.46. The monoisotopic (exact) mass is 360 g/mol. The number of rotatable bonds is 4. The highest BCUT2D eigenvalue weighted by molar-refractivity contribution is 5.89. The van der Waals surface area contributed by atoms with Crippen molar-refractivity contribution >= 4 is 29.0 Å². The molecule has 0 bridgehead atoms. The fraction of sp³-hybridized carbons (Fsp3) is 0.190. The minimum atomic E-state index is -0.354. The van der Waals surface area contributed by atoms with Gasteiger partial charge in [0, 0.05) is 23.5 Å². The van der Waals surface area contributed by atoms with E-state index in [2.05, 4.69) is 45.3 Å². The number of esters is 1. The molecule has 6 nitrogen and oxygen atoms in total. The van der Waals surface area contributed by atoms with Crippen molar-refractivity contribution in [2.45, 2.75) is 19.4 Å². The third kappa shape index (κ3) is 3.33. The summed E-state index contributed by atoms with van der Waals surface area (Å²) in [5.74, 6) is 1.20. The van der Waals surface area contributed by atoms with Crippen LogP contribution >= 0.6 is 0 Å². The molecule has 0 aliphatic carbocycles. The first-order valence-electron chi connectivity index (χ1n) is 8.80. The minimum absolute atomic E-state index is 0.337. The van der Waals surface area contributed by atoms with Crippen LogP contribution in [0.15, 0.2) is 60.9 Å². The van der Waals surface area contributed by atoms with Crippen molar-refractivity contribution < 1.29 is 9.53 Å². The third-order valence-corrected chi connectivity index (χ3v) is 4.69. The standard InChI is InChI=1S/C21H20N4O2/c1-14-11-16-5-3-4-6-18(16)25(14)20-12-19(22-13-23-20)24-17-9-7-15(8-10-17)21(26)27-2/h3-10,12-14H,11H2,1-2H3,(H,22,23,24). The topological polar surface area (TPSA) is 67.3 Å². The van der Waals surface area contributed by atoms with Crippen molar-refractivity contribution in [2.24, 2.45) is 0 Å². The fourth-order valence-electron chi connectivity index (χ4n) is 3.42. The van der Waals surface area contributed by atoms with Crippen LogP contribution in [0, 0.1) is 0 Å². The summed E-state index contributed by atoms with van der Waals surface area (Å²) < 4.78 is 4.72. The van der Waals surface area contributed by atoms with Gasteiger partial charge in [-0.05, 0) is 49.2 Å². The van der Waals surface area contributed by atoms with E-state index in [1.54, 1.807) is 18.5 Å². The van der Waals surface area contributed by atoms with Crippen LogP contribution in [-0.4, -0.2) is 29.1 Å². The van der Waals surface area contributed by atoms with Crippen LogP contribution in [-0.2, 0) is 11.2 Å². The zero-order valence-corrected chi connectivity index (χ0v) is 15.2. The number of nitrogens with zero attached hydrogens (tertiary/aromatic N) is 3. The molecule has 1 atom stereocenters. The summed E-state index contributed by atoms with van der Waals surface area (Å²) in [6, 6.07) is 17.8. The molecule has 1 aromatic heterocycles. The molecule has 0 saturated heterocycles. The van der Waals surface area contributed by atoms with Crippen LogP contribution in [0.5, 0.6) is 0 Å². The van der Waals surface area contributed by atoms with E-state index in [0.29, 0.717) is 17.4 Å². The summed E-state index contributed by atoms with van der Waals surface area (Å²) >= 11 is 0. The van der Waals surface area contributed by atoms with Gasteiger partial charge in [-0.1, -0.05) is 18.2 Å². The molecule has 1 aliphatic rings. The first-order valence-corrected chi connectivity index (χ1v) is 8.80. The van der Waals surface area contributed by atoms with Crippen LogP contribution in [0.3, 0.4) is 0 Å². The van der Waals surface area contributed by atoms with Gasteiger partial charge < -0.3 is 15.0 Å². The Morgan fingerprint density at radius 3 is 2.70 bits per heavy atom. The van der Waals surface area contributed by atoms with Crippen LogP contribution in [0.1, 0.15) is 22.8 Å². The molecule has 1 N–H and O–H groups in total. The molecule has 0 amide bonds. The number of aromatic nitrogens is 2. The molecule has 136 valence electrons. The lowest BCUT2D eigenvalue weighted by atomic mass is 10.1. The minimum Gasteiger partial charge on any atom is -0.465 e. The Hall–Kier alpha value is -3.41. The van der Waals surface area contributed by atoms with Gasteiger partial charge in [0.05, 0.1) is 12.7 Å². The highest BCUT2D eigenvalue weighted by Gasteiger charge is 2.27. The number of benzene rings is 2. The second-order valence-electron chi connectivity index (χ2n) is 6.51. The van der Waals surface area contributed by atoms with Crippen molar-refractivity contribution in [3.8, 4) is 0 Å². The van der Waals surface area contributed by atoms with Gasteiger partial charge in [-0.15, -0.1) is 0 Å². The van der Waals surface area contributed by atoms with E-state index in [9.17, 15) is 4.79 Å². The zero-order valence-electron chi connectivity index (χ0n) is 15.2. The van der Waals surface area contributed by atoms with Crippen LogP contribution in [0.4, 0.5) is 23.0 Å². The maximum absolute atomic E-state index is 11.5. The lowest BCUT2D eigenvalue weighted by molar-refractivity contribution is 0.0601. The SMILES string of the molecule is COC(=O)c1ccc(Nc2cc(N3c4ccccc4CC3C)ncn2)cc1. The molecule has 0 spiro atoms. The first-order chi connectivity index (χ1) is 13.2. The molecule has 1 unspecified atom stereocenters. The molecule has 2 aromatic carbocycles. The summed E-state index contributed by atoms with van der Waals surface area (Å²) in [6.07, 6.45) is 2.56. The van der Waals surface area contributed by atoms with E-state index in [-0.39, 0.29) is 5.97 Å². The predicted molar refractivity (Wildman–Crippen MR) is 105 cm³/mol. The number of ether oxygens (including phenoxy) is 1. The Bertz CT molecular complexity index is 972. The number of carbonyl (C=O) groups excluding carboxylic acids is 1. The second-order valence-corrected chi connectivity index (χ2v) is 6.51. The van der Waals surface area contributed by atoms with Crippen LogP contribution < -0.4 is 10.2 Å². The maximum atomic E-state index is 11.5. The number of hydrogen-bond acceptors (Lipinski definition) is 6. The highest BCUT2D eigenvalue weighted by Crippen LogP contribution is 2.37. The van der Waals surface area contributed by atoms with Crippen molar-refractivity contribution in [3.63, 3.8) is 0 Å². The normalized spacial score (nSPS) is 15.3. The molecule has 0 radical (unpaired) electrons. The number of anilines is 4. The summed E-state index contributed by atoms with van der Waals surface area (Å²) in [7, 11) is 1.37. The van der Waals surface area contributed by atoms with Crippen molar-refractivity contribution in [1.29, 1.82) is 0 Å². The smallest absolute Gasteiger partial charge is 0.337 e. The van der Waals surface area contributed by atoms with E-state index in [1.165, 1.54) is 18.4 Å². The third-order valence-electron chi connectivity index (χ3n) is 4.69. The van der Waals surface area contributed by atoms with Gasteiger partial charge in [0.1, 0.15) is 18.0 Å². The largest absolute Gasteiger partial charge is 0.465 e. The summed E-state index contributed by atoms with van der Waals surface area (Å²) in [5.41, 5.74) is 3.87. The number of fused-ring (bicyclic) bond motifs is 1. The zero-order chi connectivity index (χ0) is 18.8. The van der Waals surface area contributed by atoms with Gasteiger partial charge in [0.25, 0.3) is 0 Å². The Morgan fingerprint density at radius 1 is 1.15 bits per heavy atom. The lowest BCUT2D eigenvalue weighted by Gasteiger charge is -2.24.